The number of nitrogens with two attached hydrogens (primary N) is 1. The molecule has 1 saturated heterocycles. The first-order valence-corrected chi connectivity index (χ1v) is 8.17. The summed E-state index contributed by atoms with van der Waals surface area (Å²) in [7, 11) is 0. The van der Waals surface area contributed by atoms with Crippen LogP contribution in [-0.2, 0) is 6.18 Å². The number of nitrogens with one attached hydrogen (secondary N) is 2. The number of nitrogens with zero attached hydrogens (tertiary/aromatic N) is 2. The van der Waals surface area contributed by atoms with Gasteiger partial charge in [-0.05, 0) is 43.7 Å². The summed E-state index contributed by atoms with van der Waals surface area (Å²) in [4.78, 5) is 20.3. The molecule has 1 atom stereocenters. The molecule has 9 heteroatoms. The third kappa shape index (κ3) is 3.93. The van der Waals surface area contributed by atoms with Crippen molar-refractivity contribution < 1.29 is 18.0 Å². The van der Waals surface area contributed by atoms with Crippen LogP contribution in [0.25, 0.3) is 0 Å². The van der Waals surface area contributed by atoms with E-state index in [-0.39, 0.29) is 23.2 Å². The Morgan fingerprint density at radius 3 is 2.81 bits per heavy atom. The third-order valence-corrected chi connectivity index (χ3v) is 4.19. The summed E-state index contributed by atoms with van der Waals surface area (Å²) < 4.78 is 40.0. The smallest absolute Gasteiger partial charge is 0.383 e. The highest BCUT2D eigenvalue weighted by Gasteiger charge is 2.37. The number of aromatic nitrogens is 2. The Hall–Kier alpha value is -2.68. The SMILES string of the molecule is Nc1ncccc1C(=O)c1nc(NCC2CCCN2)ccc1C(F)(F)F. The van der Waals surface area contributed by atoms with Gasteiger partial charge in [0.25, 0.3) is 0 Å². The molecule has 26 heavy (non-hydrogen) atoms. The van der Waals surface area contributed by atoms with Gasteiger partial charge in [0.2, 0.25) is 5.78 Å². The van der Waals surface area contributed by atoms with Gasteiger partial charge in [-0.25, -0.2) is 9.97 Å². The number of halogens is 3. The molecule has 2 aromatic heterocycles. The molecular formula is C17H18F3N5O. The van der Waals surface area contributed by atoms with Gasteiger partial charge in [0.15, 0.2) is 0 Å². The average molecular weight is 365 g/mol. The van der Waals surface area contributed by atoms with Gasteiger partial charge in [-0.2, -0.15) is 13.2 Å². The zero-order chi connectivity index (χ0) is 18.7. The molecule has 0 aliphatic carbocycles. The standard InChI is InChI=1S/C17H18F3N5O/c18-17(19,20)12-5-6-13(24-9-10-3-1-7-22-10)25-14(12)15(26)11-4-2-8-23-16(11)21/h2,4-6,8,10,22H,1,3,7,9H2,(H2,21,23)(H,24,25). The number of nitrogen functional groups attached to an aromatic ring is 1. The Bertz CT molecular complexity index is 803. The van der Waals surface area contributed by atoms with Crippen LogP contribution in [0.3, 0.4) is 0 Å². The first-order valence-electron chi connectivity index (χ1n) is 8.17. The van der Waals surface area contributed by atoms with Crippen molar-refractivity contribution in [3.63, 3.8) is 0 Å². The van der Waals surface area contributed by atoms with Gasteiger partial charge < -0.3 is 16.4 Å². The fourth-order valence-corrected chi connectivity index (χ4v) is 2.86. The lowest BCUT2D eigenvalue weighted by atomic mass is 10.0. The van der Waals surface area contributed by atoms with E-state index in [4.69, 9.17) is 5.73 Å². The Morgan fingerprint density at radius 2 is 2.15 bits per heavy atom. The summed E-state index contributed by atoms with van der Waals surface area (Å²) in [5.74, 6) is -0.843. The van der Waals surface area contributed by atoms with Gasteiger partial charge in [0.05, 0.1) is 11.1 Å². The normalized spacial score (nSPS) is 17.3. The van der Waals surface area contributed by atoms with Gasteiger partial charge in [0, 0.05) is 18.8 Å². The van der Waals surface area contributed by atoms with Crippen LogP contribution in [0.4, 0.5) is 24.8 Å². The molecule has 6 nitrogen and oxygen atoms in total. The van der Waals surface area contributed by atoms with E-state index >= 15 is 0 Å². The van der Waals surface area contributed by atoms with E-state index in [9.17, 15) is 18.0 Å². The van der Waals surface area contributed by atoms with Gasteiger partial charge in [-0.15, -0.1) is 0 Å². The van der Waals surface area contributed by atoms with Crippen LogP contribution in [0, 0.1) is 0 Å². The third-order valence-electron chi connectivity index (χ3n) is 4.19. The van der Waals surface area contributed by atoms with Crippen LogP contribution in [-0.4, -0.2) is 34.9 Å². The van der Waals surface area contributed by atoms with Gasteiger partial charge >= 0.3 is 6.18 Å². The number of carbonyl (C=O) groups is 1. The molecule has 0 bridgehead atoms. The van der Waals surface area contributed by atoms with E-state index in [1.807, 2.05) is 0 Å². The zero-order valence-corrected chi connectivity index (χ0v) is 13.8. The molecule has 0 radical (unpaired) electrons. The monoisotopic (exact) mass is 365 g/mol. The van der Waals surface area contributed by atoms with Crippen LogP contribution < -0.4 is 16.4 Å². The van der Waals surface area contributed by atoms with Crippen LogP contribution in [0.1, 0.15) is 34.5 Å². The minimum absolute atomic E-state index is 0.111. The Morgan fingerprint density at radius 1 is 1.35 bits per heavy atom. The number of anilines is 2. The van der Waals surface area contributed by atoms with Gasteiger partial charge in [-0.1, -0.05) is 0 Å². The van der Waals surface area contributed by atoms with Crippen molar-refractivity contribution in [2.75, 3.05) is 24.1 Å². The number of pyridine rings is 2. The number of hydrogen-bond acceptors (Lipinski definition) is 6. The van der Waals surface area contributed by atoms with E-state index in [1.165, 1.54) is 24.4 Å². The van der Waals surface area contributed by atoms with Crippen LogP contribution in [0.2, 0.25) is 0 Å². The van der Waals surface area contributed by atoms with E-state index in [2.05, 4.69) is 20.6 Å². The molecule has 3 rings (SSSR count). The van der Waals surface area contributed by atoms with E-state index in [0.717, 1.165) is 25.5 Å². The quantitative estimate of drug-likeness (QED) is 0.705. The van der Waals surface area contributed by atoms with Crippen molar-refractivity contribution in [2.24, 2.45) is 0 Å². The topological polar surface area (TPSA) is 92.9 Å². The zero-order valence-electron chi connectivity index (χ0n) is 13.8. The lowest BCUT2D eigenvalue weighted by Crippen LogP contribution is -2.29. The van der Waals surface area contributed by atoms with Gasteiger partial charge in [-0.3, -0.25) is 4.79 Å². The molecule has 4 N–H and O–H groups in total. The minimum Gasteiger partial charge on any atom is -0.383 e. The molecule has 1 aliphatic heterocycles. The molecule has 2 aromatic rings. The number of carbonyl (C=O) groups excluding carboxylic acids is 1. The Balaban J connectivity index is 1.93. The van der Waals surface area contributed by atoms with Crippen molar-refractivity contribution in [1.82, 2.24) is 15.3 Å². The molecule has 0 amide bonds. The fraction of sp³-hybridized carbons (Fsp3) is 0.353. The van der Waals surface area contributed by atoms with Crippen LogP contribution >= 0.6 is 0 Å². The van der Waals surface area contributed by atoms with Crippen molar-refractivity contribution in [3.8, 4) is 0 Å². The molecule has 1 unspecified atom stereocenters. The molecular weight excluding hydrogens is 347 g/mol. The average Bonchev–Trinajstić information content (AvgIpc) is 3.12. The molecule has 0 spiro atoms. The first kappa shape index (κ1) is 18.1. The van der Waals surface area contributed by atoms with Crippen molar-refractivity contribution in [2.45, 2.75) is 25.1 Å². The van der Waals surface area contributed by atoms with E-state index in [0.29, 0.717) is 6.54 Å². The largest absolute Gasteiger partial charge is 0.418 e. The lowest BCUT2D eigenvalue weighted by molar-refractivity contribution is -0.138. The molecule has 138 valence electrons. The van der Waals surface area contributed by atoms with Crippen molar-refractivity contribution >= 4 is 17.4 Å². The first-order chi connectivity index (χ1) is 12.4. The summed E-state index contributed by atoms with van der Waals surface area (Å²) in [6.07, 6.45) is -1.32. The Kier molecular flexibility index (Phi) is 5.08. The van der Waals surface area contributed by atoms with Crippen LogP contribution in [0.15, 0.2) is 30.5 Å². The highest BCUT2D eigenvalue weighted by Crippen LogP contribution is 2.33. The second-order valence-corrected chi connectivity index (χ2v) is 6.03. The van der Waals surface area contributed by atoms with Crippen molar-refractivity contribution in [1.29, 1.82) is 0 Å². The highest BCUT2D eigenvalue weighted by molar-refractivity contribution is 6.11. The summed E-state index contributed by atoms with van der Waals surface area (Å²) in [5, 5.41) is 6.26. The minimum atomic E-state index is -4.71. The summed E-state index contributed by atoms with van der Waals surface area (Å²) in [5.41, 5.74) is 3.73. The van der Waals surface area contributed by atoms with Gasteiger partial charge in [0.1, 0.15) is 17.3 Å². The summed E-state index contributed by atoms with van der Waals surface area (Å²) >= 11 is 0. The maximum Gasteiger partial charge on any atom is 0.418 e. The molecule has 0 saturated carbocycles. The summed E-state index contributed by atoms with van der Waals surface area (Å²) in [6.45, 7) is 1.43. The van der Waals surface area contributed by atoms with Crippen molar-refractivity contribution in [3.05, 3.63) is 47.3 Å². The maximum atomic E-state index is 13.3. The highest BCUT2D eigenvalue weighted by atomic mass is 19.4. The predicted molar refractivity (Wildman–Crippen MR) is 90.8 cm³/mol. The molecule has 0 aromatic carbocycles. The fourth-order valence-electron chi connectivity index (χ4n) is 2.86. The van der Waals surface area contributed by atoms with E-state index < -0.39 is 23.2 Å². The lowest BCUT2D eigenvalue weighted by Gasteiger charge is -2.16. The number of ketones is 1. The molecule has 1 fully saturated rings. The molecule has 3 heterocycles. The molecule has 1 aliphatic rings. The predicted octanol–water partition coefficient (Wildman–Crippen LogP) is 2.47. The van der Waals surface area contributed by atoms with Crippen LogP contribution in [0.5, 0.6) is 0 Å². The summed E-state index contributed by atoms with van der Waals surface area (Å²) in [6, 6.07) is 5.07. The second kappa shape index (κ2) is 7.28. The number of rotatable bonds is 5. The van der Waals surface area contributed by atoms with E-state index in [1.54, 1.807) is 0 Å². The number of hydrogen-bond donors (Lipinski definition) is 3. The maximum absolute atomic E-state index is 13.3. The Labute approximate surface area is 148 Å². The second-order valence-electron chi connectivity index (χ2n) is 6.03. The number of alkyl halides is 3.